The van der Waals surface area contributed by atoms with Gasteiger partial charge in [0.2, 0.25) is 0 Å². The Morgan fingerprint density at radius 2 is 0.550 bits per heavy atom. The van der Waals surface area contributed by atoms with Crippen molar-refractivity contribution in [3.05, 3.63) is 214 Å². The Kier molecular flexibility index (Phi) is 13.9. The van der Waals surface area contributed by atoms with Gasteiger partial charge in [0, 0.05) is 33.0 Å². The number of benzene rings is 12. The highest BCUT2D eigenvalue weighted by Gasteiger charge is 2.22. The molecule has 80 heavy (non-hydrogen) atoms. The summed E-state index contributed by atoms with van der Waals surface area (Å²) in [6, 6.07) is 64.2. The van der Waals surface area contributed by atoms with E-state index in [2.05, 4.69) is 245 Å². The van der Waals surface area contributed by atoms with Gasteiger partial charge >= 0.3 is 0 Å². The first-order valence-electron chi connectivity index (χ1n) is 29.5. The Hall–Kier alpha value is -9.04. The fraction of sp³-hybridized carbons (Fsp3) is 0.200. The molecule has 0 heterocycles. The summed E-state index contributed by atoms with van der Waals surface area (Å²) in [4.78, 5) is 0. The molecule has 0 fully saturated rings. The van der Waals surface area contributed by atoms with Crippen LogP contribution < -0.4 is 0 Å². The maximum atomic E-state index is 3.64. The fourth-order valence-corrected chi connectivity index (χ4v) is 13.4. The van der Waals surface area contributed by atoms with Crippen LogP contribution in [0.5, 0.6) is 0 Å². The summed E-state index contributed by atoms with van der Waals surface area (Å²) in [6.45, 7) is 9.20. The second-order valence-corrected chi connectivity index (χ2v) is 22.1. The minimum Gasteiger partial charge on any atom is -0.0654 e. The van der Waals surface area contributed by atoms with Crippen molar-refractivity contribution in [1.29, 1.82) is 0 Å². The molecule has 384 valence electrons. The number of aryl methyl sites for hydroxylation is 4. The quantitative estimate of drug-likeness (QED) is 0.0845. The van der Waals surface area contributed by atoms with Crippen LogP contribution in [-0.2, 0) is 25.7 Å². The van der Waals surface area contributed by atoms with Gasteiger partial charge in [-0.15, -0.1) is 0 Å². The van der Waals surface area contributed by atoms with E-state index in [9.17, 15) is 0 Å². The SMILES string of the molecule is CCCCc1c2cccc3c2cc2c(cccc12)C#CC#Cc1cccc2cc4cccc(c4c(CCCC)c12)-c1cccc2c(CCCC)c4cccc(c4cc12)-c1cccc2cc4cccc(c4c(CCCC)c12)C#CC#C3. The van der Waals surface area contributed by atoms with E-state index in [0.29, 0.717) is 0 Å². The van der Waals surface area contributed by atoms with Crippen molar-refractivity contribution in [1.82, 2.24) is 0 Å². The van der Waals surface area contributed by atoms with Crippen molar-refractivity contribution in [3.8, 4) is 69.6 Å². The van der Waals surface area contributed by atoms with Gasteiger partial charge in [0.25, 0.3) is 0 Å². The second-order valence-electron chi connectivity index (χ2n) is 22.1. The third kappa shape index (κ3) is 8.92. The third-order valence-corrected chi connectivity index (χ3v) is 17.1. The second kappa shape index (κ2) is 22.0. The molecule has 12 aromatic rings. The Labute approximate surface area is 472 Å². The number of rotatable bonds is 12. The number of fused-ring (bicyclic) bond motifs is 2. The molecule has 0 saturated carbocycles. The normalized spacial score (nSPS) is 11.8. The molecule has 0 saturated heterocycles. The lowest BCUT2D eigenvalue weighted by Crippen LogP contribution is -1.98. The van der Waals surface area contributed by atoms with Crippen molar-refractivity contribution in [2.24, 2.45) is 0 Å². The molecule has 8 bridgehead atoms. The van der Waals surface area contributed by atoms with Crippen molar-refractivity contribution in [2.45, 2.75) is 105 Å². The molecule has 0 atom stereocenters. The molecule has 0 unspecified atom stereocenters. The van der Waals surface area contributed by atoms with Gasteiger partial charge in [0.15, 0.2) is 0 Å². The zero-order chi connectivity index (χ0) is 54.1. The van der Waals surface area contributed by atoms with Crippen LogP contribution in [0.1, 0.15) is 124 Å². The van der Waals surface area contributed by atoms with Gasteiger partial charge in [-0.2, -0.15) is 0 Å². The summed E-state index contributed by atoms with van der Waals surface area (Å²) >= 11 is 0. The van der Waals surface area contributed by atoms with E-state index >= 15 is 0 Å². The number of unbranched alkanes of at least 4 members (excludes halogenated alkanes) is 4. The van der Waals surface area contributed by atoms with Crippen LogP contribution in [0.25, 0.3) is 108 Å². The lowest BCUT2D eigenvalue weighted by atomic mass is 9.83. The van der Waals surface area contributed by atoms with Crippen molar-refractivity contribution >= 4 is 86.2 Å². The van der Waals surface area contributed by atoms with E-state index in [0.717, 1.165) is 110 Å². The van der Waals surface area contributed by atoms with E-state index in [1.54, 1.807) is 0 Å². The molecule has 0 spiro atoms. The van der Waals surface area contributed by atoms with Crippen molar-refractivity contribution in [2.75, 3.05) is 0 Å². The monoisotopic (exact) mass is 1020 g/mol. The Balaban J connectivity index is 1.16. The minimum absolute atomic E-state index is 0.950. The van der Waals surface area contributed by atoms with Crippen LogP contribution in [0.2, 0.25) is 0 Å². The van der Waals surface area contributed by atoms with Gasteiger partial charge in [-0.25, -0.2) is 0 Å². The zero-order valence-corrected chi connectivity index (χ0v) is 46.7. The lowest BCUT2D eigenvalue weighted by Gasteiger charge is -2.21. The number of hydrogen-bond acceptors (Lipinski definition) is 0. The summed E-state index contributed by atoms with van der Waals surface area (Å²) in [5.74, 6) is 27.9. The first kappa shape index (κ1) is 50.5. The molecule has 0 nitrogen and oxygen atoms in total. The summed E-state index contributed by atoms with van der Waals surface area (Å²) in [6.07, 6.45) is 12.7. The van der Waals surface area contributed by atoms with E-state index in [1.165, 1.54) is 120 Å². The molecule has 0 radical (unpaired) electrons. The van der Waals surface area contributed by atoms with Crippen LogP contribution in [-0.4, -0.2) is 0 Å². The Morgan fingerprint density at radius 3 is 0.963 bits per heavy atom. The van der Waals surface area contributed by atoms with Crippen LogP contribution in [0.4, 0.5) is 0 Å². The highest BCUT2D eigenvalue weighted by molar-refractivity contribution is 6.19. The molecule has 0 amide bonds. The van der Waals surface area contributed by atoms with E-state index in [1.807, 2.05) is 0 Å². The van der Waals surface area contributed by atoms with E-state index in [-0.39, 0.29) is 0 Å². The minimum atomic E-state index is 0.950. The Morgan fingerprint density at radius 1 is 0.250 bits per heavy atom. The largest absolute Gasteiger partial charge is 0.0654 e. The van der Waals surface area contributed by atoms with Crippen LogP contribution in [0.3, 0.4) is 0 Å². The molecular weight excluding hydrogens is 961 g/mol. The predicted molar refractivity (Wildman–Crippen MR) is 346 cm³/mol. The zero-order valence-electron chi connectivity index (χ0n) is 46.7. The smallest absolute Gasteiger partial charge is 0.0337 e. The first-order valence-corrected chi connectivity index (χ1v) is 29.5. The van der Waals surface area contributed by atoms with E-state index in [4.69, 9.17) is 0 Å². The average Bonchev–Trinajstić information content (AvgIpc) is 3.43. The third-order valence-electron chi connectivity index (χ3n) is 17.1. The molecule has 0 aliphatic heterocycles. The van der Waals surface area contributed by atoms with Gasteiger partial charge in [-0.3, -0.25) is 0 Å². The summed E-state index contributed by atoms with van der Waals surface area (Å²) in [5.41, 5.74) is 14.6. The van der Waals surface area contributed by atoms with Gasteiger partial charge in [0.05, 0.1) is 0 Å². The predicted octanol–water partition coefficient (Wildman–Crippen LogP) is 20.7. The average molecular weight is 1030 g/mol. The topological polar surface area (TPSA) is 0 Å². The molecule has 12 aromatic carbocycles. The fourth-order valence-electron chi connectivity index (χ4n) is 13.4. The Bertz CT molecular complexity index is 4490. The van der Waals surface area contributed by atoms with Crippen LogP contribution >= 0.6 is 0 Å². The van der Waals surface area contributed by atoms with Crippen molar-refractivity contribution in [3.63, 3.8) is 0 Å². The molecule has 0 aromatic heterocycles. The molecule has 0 heteroatoms. The van der Waals surface area contributed by atoms with Crippen LogP contribution in [0.15, 0.2) is 170 Å². The van der Waals surface area contributed by atoms with Crippen LogP contribution in [0, 0.1) is 47.4 Å². The van der Waals surface area contributed by atoms with E-state index < -0.39 is 0 Å². The molecular formula is C80H64. The van der Waals surface area contributed by atoms with Gasteiger partial charge in [0.1, 0.15) is 0 Å². The summed E-state index contributed by atoms with van der Waals surface area (Å²) in [5, 5.41) is 20.1. The standard InChI is InChI=1S/C80H64/c1-5-9-37-61-63-41-19-29-53-25-13-15-27-55-31-17-33-57-49-59-35-21-47-69(79(59)71(77(55)57)39-11-7-3)67-45-23-43-65-62(38-10-6-2)66-44-24-46-68(76(66)52-75(65)67)70-48-22-36-60-50-58-34-18-32-56(78(58)72(80(60)70)40-12-8-4)28-16-14-26-54-30-20-42-64(61)74(54)51-73(53)63/h17-24,29-36,41-52H,5-12,37-40H2,1-4H3. The highest BCUT2D eigenvalue weighted by atomic mass is 14.2. The number of hydrogen-bond donors (Lipinski definition) is 0. The first-order chi connectivity index (χ1) is 39.6. The molecule has 1 aliphatic rings. The van der Waals surface area contributed by atoms with Gasteiger partial charge in [-0.1, -0.05) is 198 Å². The maximum Gasteiger partial charge on any atom is 0.0337 e. The van der Waals surface area contributed by atoms with Crippen molar-refractivity contribution < 1.29 is 0 Å². The molecule has 0 N–H and O–H groups in total. The van der Waals surface area contributed by atoms with Gasteiger partial charge in [-0.05, 0) is 243 Å². The van der Waals surface area contributed by atoms with Gasteiger partial charge < -0.3 is 0 Å². The molecule has 1 aliphatic carbocycles. The molecule has 13 rings (SSSR count). The summed E-state index contributed by atoms with van der Waals surface area (Å²) in [7, 11) is 0. The summed E-state index contributed by atoms with van der Waals surface area (Å²) < 4.78 is 0. The maximum absolute atomic E-state index is 3.64. The lowest BCUT2D eigenvalue weighted by molar-refractivity contribution is 0.802. The highest BCUT2D eigenvalue weighted by Crippen LogP contribution is 2.46.